The van der Waals surface area contributed by atoms with E-state index >= 15 is 0 Å². The lowest BCUT2D eigenvalue weighted by Crippen LogP contribution is -2.21. The van der Waals surface area contributed by atoms with E-state index in [1.54, 1.807) is 0 Å². The Morgan fingerprint density at radius 2 is 1.96 bits per heavy atom. The Balaban J connectivity index is 1.51. The van der Waals surface area contributed by atoms with Gasteiger partial charge in [0.2, 0.25) is 0 Å². The van der Waals surface area contributed by atoms with E-state index in [2.05, 4.69) is 67.9 Å². The summed E-state index contributed by atoms with van der Waals surface area (Å²) in [4.78, 5) is 16.0. The monoisotopic (exact) mass is 333 g/mol. The van der Waals surface area contributed by atoms with Crippen molar-refractivity contribution in [2.75, 3.05) is 13.1 Å². The highest BCUT2D eigenvalue weighted by atomic mass is 15.2. The van der Waals surface area contributed by atoms with Crippen LogP contribution in [-0.4, -0.2) is 37.5 Å². The van der Waals surface area contributed by atoms with Gasteiger partial charge in [0.05, 0.1) is 0 Å². The Bertz CT molecular complexity index is 827. The van der Waals surface area contributed by atoms with Crippen LogP contribution in [0.4, 0.5) is 0 Å². The number of aromatic nitrogens is 4. The van der Waals surface area contributed by atoms with E-state index in [9.17, 15) is 0 Å². The Hall–Kier alpha value is -2.53. The molecule has 0 spiro atoms. The quantitative estimate of drug-likeness (QED) is 0.718. The van der Waals surface area contributed by atoms with E-state index in [-0.39, 0.29) is 0 Å². The highest BCUT2D eigenvalue weighted by Crippen LogP contribution is 2.27. The predicted octanol–water partition coefficient (Wildman–Crippen LogP) is 3.35. The summed E-state index contributed by atoms with van der Waals surface area (Å²) < 4.78 is 2.28. The number of aryl methyl sites for hydroxylation is 1. The largest absolute Gasteiger partial charge is 0.325 e. The van der Waals surface area contributed by atoms with Gasteiger partial charge in [-0.15, -0.1) is 0 Å². The van der Waals surface area contributed by atoms with Crippen molar-refractivity contribution in [1.29, 1.82) is 0 Å². The van der Waals surface area contributed by atoms with Crippen molar-refractivity contribution in [3.8, 4) is 11.5 Å². The summed E-state index contributed by atoms with van der Waals surface area (Å²) in [6, 6.07) is 13.1. The Kier molecular flexibility index (Phi) is 4.57. The summed E-state index contributed by atoms with van der Waals surface area (Å²) in [6.07, 6.45) is 7.77. The molecule has 0 aliphatic carbocycles. The molecular formula is C20H23N5. The molecule has 0 bridgehead atoms. The standard InChI is InChI=1S/C20H23N5/c1-2-19-21-10-8-18(23-19)20-22-11-13-25(20)17-9-12-24(15-17)14-16-6-4-3-5-7-16/h3-8,10-11,13,17H,2,9,12,14-15H2,1H3/t17-/m0/s1. The molecule has 0 N–H and O–H groups in total. The van der Waals surface area contributed by atoms with Crippen molar-refractivity contribution in [3.63, 3.8) is 0 Å². The molecule has 0 radical (unpaired) electrons. The van der Waals surface area contributed by atoms with Gasteiger partial charge < -0.3 is 4.57 Å². The first-order valence-corrected chi connectivity index (χ1v) is 8.95. The van der Waals surface area contributed by atoms with E-state index in [1.165, 1.54) is 5.56 Å². The molecule has 1 fully saturated rings. The minimum absolute atomic E-state index is 0.446. The maximum absolute atomic E-state index is 4.64. The van der Waals surface area contributed by atoms with Gasteiger partial charge in [0.15, 0.2) is 5.82 Å². The SMILES string of the molecule is CCc1nccc(-c2nccn2[C@H]2CCN(Cc3ccccc3)C2)n1. The van der Waals surface area contributed by atoms with Crippen LogP contribution in [0.3, 0.4) is 0 Å². The van der Waals surface area contributed by atoms with Gasteiger partial charge in [-0.3, -0.25) is 4.90 Å². The Labute approximate surface area is 148 Å². The maximum atomic E-state index is 4.64. The minimum Gasteiger partial charge on any atom is -0.325 e. The lowest BCUT2D eigenvalue weighted by atomic mass is 10.2. The maximum Gasteiger partial charge on any atom is 0.159 e. The molecule has 3 aromatic rings. The summed E-state index contributed by atoms with van der Waals surface area (Å²) in [6.45, 7) is 5.24. The molecule has 1 aliphatic heterocycles. The summed E-state index contributed by atoms with van der Waals surface area (Å²) in [5, 5.41) is 0. The lowest BCUT2D eigenvalue weighted by molar-refractivity contribution is 0.316. The minimum atomic E-state index is 0.446. The number of imidazole rings is 1. The molecule has 0 saturated carbocycles. The van der Waals surface area contributed by atoms with Crippen LogP contribution in [0.5, 0.6) is 0 Å². The molecule has 1 aromatic carbocycles. The highest BCUT2D eigenvalue weighted by molar-refractivity contribution is 5.49. The molecule has 3 heterocycles. The topological polar surface area (TPSA) is 46.8 Å². The van der Waals surface area contributed by atoms with E-state index in [0.717, 1.165) is 49.8 Å². The predicted molar refractivity (Wildman–Crippen MR) is 98.0 cm³/mol. The van der Waals surface area contributed by atoms with Crippen molar-refractivity contribution < 1.29 is 0 Å². The van der Waals surface area contributed by atoms with E-state index in [4.69, 9.17) is 0 Å². The number of hydrogen-bond donors (Lipinski definition) is 0. The average Bonchev–Trinajstić information content (AvgIpc) is 3.32. The first kappa shape index (κ1) is 16.0. The van der Waals surface area contributed by atoms with Crippen molar-refractivity contribution in [2.45, 2.75) is 32.4 Å². The number of hydrogen-bond acceptors (Lipinski definition) is 4. The van der Waals surface area contributed by atoms with Crippen LogP contribution in [0.2, 0.25) is 0 Å². The van der Waals surface area contributed by atoms with Gasteiger partial charge in [-0.1, -0.05) is 37.3 Å². The Morgan fingerprint density at radius 1 is 1.08 bits per heavy atom. The van der Waals surface area contributed by atoms with Gasteiger partial charge in [-0.05, 0) is 18.1 Å². The Morgan fingerprint density at radius 3 is 2.80 bits per heavy atom. The fraction of sp³-hybridized carbons (Fsp3) is 0.350. The summed E-state index contributed by atoms with van der Waals surface area (Å²) in [5.41, 5.74) is 2.29. The average molecular weight is 333 g/mol. The van der Waals surface area contributed by atoms with Gasteiger partial charge in [-0.25, -0.2) is 15.0 Å². The first-order chi connectivity index (χ1) is 12.3. The summed E-state index contributed by atoms with van der Waals surface area (Å²) in [5.74, 6) is 1.81. The van der Waals surface area contributed by atoms with Crippen LogP contribution >= 0.6 is 0 Å². The molecule has 1 saturated heterocycles. The molecule has 1 aliphatic rings. The summed E-state index contributed by atoms with van der Waals surface area (Å²) in [7, 11) is 0. The van der Waals surface area contributed by atoms with Gasteiger partial charge in [0.1, 0.15) is 11.5 Å². The molecule has 5 nitrogen and oxygen atoms in total. The van der Waals surface area contributed by atoms with Crippen LogP contribution in [0.25, 0.3) is 11.5 Å². The van der Waals surface area contributed by atoms with Crippen LogP contribution in [-0.2, 0) is 13.0 Å². The van der Waals surface area contributed by atoms with Crippen molar-refractivity contribution in [1.82, 2.24) is 24.4 Å². The fourth-order valence-electron chi connectivity index (χ4n) is 3.52. The smallest absolute Gasteiger partial charge is 0.159 e. The summed E-state index contributed by atoms with van der Waals surface area (Å²) >= 11 is 0. The van der Waals surface area contributed by atoms with Gasteiger partial charge in [-0.2, -0.15) is 0 Å². The van der Waals surface area contributed by atoms with Gasteiger partial charge >= 0.3 is 0 Å². The molecule has 0 amide bonds. The zero-order valence-electron chi connectivity index (χ0n) is 14.5. The van der Waals surface area contributed by atoms with Crippen LogP contribution in [0.1, 0.15) is 30.8 Å². The number of likely N-dealkylation sites (tertiary alicyclic amines) is 1. The van der Waals surface area contributed by atoms with Crippen molar-refractivity contribution in [2.24, 2.45) is 0 Å². The van der Waals surface area contributed by atoms with E-state index in [0.29, 0.717) is 6.04 Å². The van der Waals surface area contributed by atoms with Crippen molar-refractivity contribution in [3.05, 3.63) is 66.4 Å². The fourth-order valence-corrected chi connectivity index (χ4v) is 3.52. The second kappa shape index (κ2) is 7.15. The third-order valence-corrected chi connectivity index (χ3v) is 4.81. The van der Waals surface area contributed by atoms with E-state index < -0.39 is 0 Å². The molecule has 2 aromatic heterocycles. The zero-order valence-corrected chi connectivity index (χ0v) is 14.5. The zero-order chi connectivity index (χ0) is 17.1. The van der Waals surface area contributed by atoms with Crippen LogP contribution in [0.15, 0.2) is 55.0 Å². The number of rotatable bonds is 5. The first-order valence-electron chi connectivity index (χ1n) is 8.95. The highest BCUT2D eigenvalue weighted by Gasteiger charge is 2.26. The van der Waals surface area contributed by atoms with Crippen molar-refractivity contribution >= 4 is 0 Å². The van der Waals surface area contributed by atoms with E-state index in [1.807, 2.05) is 18.5 Å². The molecule has 128 valence electrons. The molecule has 5 heteroatoms. The molecule has 0 unspecified atom stereocenters. The molecular weight excluding hydrogens is 310 g/mol. The lowest BCUT2D eigenvalue weighted by Gasteiger charge is -2.18. The molecule has 4 rings (SSSR count). The number of nitrogens with zero attached hydrogens (tertiary/aromatic N) is 5. The normalized spacial score (nSPS) is 17.9. The molecule has 25 heavy (non-hydrogen) atoms. The third kappa shape index (κ3) is 3.46. The van der Waals surface area contributed by atoms with Crippen LogP contribution < -0.4 is 0 Å². The van der Waals surface area contributed by atoms with Gasteiger partial charge in [0.25, 0.3) is 0 Å². The van der Waals surface area contributed by atoms with Gasteiger partial charge in [0, 0.05) is 50.7 Å². The van der Waals surface area contributed by atoms with Crippen LogP contribution in [0, 0.1) is 0 Å². The second-order valence-electron chi connectivity index (χ2n) is 6.53. The third-order valence-electron chi connectivity index (χ3n) is 4.81. The number of benzene rings is 1. The molecule has 1 atom stereocenters. The second-order valence-corrected chi connectivity index (χ2v) is 6.53.